The van der Waals surface area contributed by atoms with Crippen molar-refractivity contribution < 1.29 is 0 Å². The van der Waals surface area contributed by atoms with Crippen LogP contribution in [0.2, 0.25) is 0 Å². The molecule has 0 amide bonds. The van der Waals surface area contributed by atoms with Gasteiger partial charge < -0.3 is 19.6 Å². The standard InChI is InChI=1S/C99H78N4/c1-67-27-43-79(44-28-67)100(81-51-35-75(36-52-81)71-19-11-7-12-20-71)87-60-62-90-92(63-87)98(103(84-49-33-70(4)34-50-84)86-57-41-78(42-58-86)74-25-17-10-18-26-74)93-65-91-89-61-59-88(101(80-45-29-68(2)30-46-80)82-53-37-76(38-54-82)72-21-13-8-14-22-72)64-95(89)99(5,6)96(91)66-94(93)97(90)102(83-47-31-69(3)32-48-83)85-55-39-77(40-56-85)73-23-15-9-16-24-73/h7-66H,1-6H3. The molecule has 1 aliphatic rings. The summed E-state index contributed by atoms with van der Waals surface area (Å²) in [5.74, 6) is 0. The lowest BCUT2D eigenvalue weighted by Gasteiger charge is -2.34. The first-order valence-electron chi connectivity index (χ1n) is 35.8. The zero-order valence-corrected chi connectivity index (χ0v) is 58.9. The van der Waals surface area contributed by atoms with Gasteiger partial charge in [0.05, 0.1) is 11.4 Å². The molecule has 0 saturated heterocycles. The van der Waals surface area contributed by atoms with E-state index in [2.05, 4.69) is 425 Å². The number of nitrogens with zero attached hydrogens (tertiary/aromatic N) is 4. The minimum atomic E-state index is -0.457. The van der Waals surface area contributed by atoms with E-state index in [-0.39, 0.29) is 0 Å². The number of hydrogen-bond acceptors (Lipinski definition) is 4. The maximum atomic E-state index is 2.58. The Morgan fingerprint density at radius 3 is 0.767 bits per heavy atom. The van der Waals surface area contributed by atoms with E-state index in [1.165, 1.54) is 72.3 Å². The summed E-state index contributed by atoms with van der Waals surface area (Å²) in [6, 6.07) is 135. The highest BCUT2D eigenvalue weighted by Gasteiger charge is 2.39. The van der Waals surface area contributed by atoms with Crippen molar-refractivity contribution in [3.63, 3.8) is 0 Å². The Hall–Kier alpha value is -12.8. The van der Waals surface area contributed by atoms with Gasteiger partial charge in [-0.15, -0.1) is 0 Å². The second kappa shape index (κ2) is 26.7. The molecule has 16 aromatic rings. The molecular formula is C99H78N4. The van der Waals surface area contributed by atoms with Crippen LogP contribution in [-0.2, 0) is 5.41 Å². The minimum Gasteiger partial charge on any atom is -0.310 e. The average Bonchev–Trinajstić information content (AvgIpc) is 1.65. The molecule has 0 atom stereocenters. The van der Waals surface area contributed by atoms with Gasteiger partial charge in [0.1, 0.15) is 0 Å². The zero-order chi connectivity index (χ0) is 69.7. The third-order valence-electron chi connectivity index (χ3n) is 20.9. The van der Waals surface area contributed by atoms with Gasteiger partial charge >= 0.3 is 0 Å². The number of aryl methyl sites for hydroxylation is 4. The van der Waals surface area contributed by atoms with E-state index in [9.17, 15) is 0 Å². The van der Waals surface area contributed by atoms with E-state index in [1.807, 2.05) is 0 Å². The Morgan fingerprint density at radius 2 is 0.427 bits per heavy atom. The molecule has 17 rings (SSSR count). The zero-order valence-electron chi connectivity index (χ0n) is 58.9. The van der Waals surface area contributed by atoms with Crippen molar-refractivity contribution in [2.75, 3.05) is 19.6 Å². The highest BCUT2D eigenvalue weighted by molar-refractivity contribution is 6.25. The Labute approximate surface area is 605 Å². The van der Waals surface area contributed by atoms with Crippen LogP contribution in [0.15, 0.2) is 364 Å². The first kappa shape index (κ1) is 63.7. The molecule has 0 spiro atoms. The first-order chi connectivity index (χ1) is 50.4. The van der Waals surface area contributed by atoms with Crippen molar-refractivity contribution in [1.29, 1.82) is 0 Å². The smallest absolute Gasteiger partial charge is 0.0620 e. The fourth-order valence-electron chi connectivity index (χ4n) is 15.4. The van der Waals surface area contributed by atoms with Crippen molar-refractivity contribution in [3.8, 4) is 55.6 Å². The maximum absolute atomic E-state index is 2.58. The highest BCUT2D eigenvalue weighted by Crippen LogP contribution is 2.58. The van der Waals surface area contributed by atoms with Gasteiger partial charge in [0.25, 0.3) is 0 Å². The second-order valence-electron chi connectivity index (χ2n) is 28.1. The van der Waals surface area contributed by atoms with E-state index < -0.39 is 5.41 Å². The SMILES string of the molecule is Cc1ccc(N(c2ccc(-c3ccccc3)cc2)c2ccc3c(c2)C(C)(C)c2cc4c(N(c5ccc(C)cc5)c5ccc(-c6ccccc6)cc5)c5ccc(N(c6ccc(C)cc6)c6ccc(-c7ccccc7)cc6)cc5c(N(c5ccc(C)cc5)c5ccc(-c6ccccc6)cc5)c4cc2-3)cc1. The van der Waals surface area contributed by atoms with Crippen molar-refractivity contribution in [1.82, 2.24) is 0 Å². The van der Waals surface area contributed by atoms with Gasteiger partial charge in [-0.2, -0.15) is 0 Å². The molecule has 0 radical (unpaired) electrons. The number of anilines is 12. The molecule has 4 heteroatoms. The Morgan fingerprint density at radius 1 is 0.184 bits per heavy atom. The van der Waals surface area contributed by atoms with Gasteiger partial charge in [0.2, 0.25) is 0 Å². The van der Waals surface area contributed by atoms with Crippen LogP contribution in [0.3, 0.4) is 0 Å². The van der Waals surface area contributed by atoms with Crippen molar-refractivity contribution >= 4 is 89.8 Å². The molecule has 0 N–H and O–H groups in total. The van der Waals surface area contributed by atoms with Crippen LogP contribution in [0, 0.1) is 27.7 Å². The quantitative estimate of drug-likeness (QED) is 0.0706. The largest absolute Gasteiger partial charge is 0.310 e. The molecule has 0 bridgehead atoms. The summed E-state index contributed by atoms with van der Waals surface area (Å²) in [7, 11) is 0. The predicted octanol–water partition coefficient (Wildman–Crippen LogP) is 28.1. The maximum Gasteiger partial charge on any atom is 0.0620 e. The Kier molecular flexibility index (Phi) is 16.5. The molecule has 494 valence electrons. The molecule has 103 heavy (non-hydrogen) atoms. The van der Waals surface area contributed by atoms with E-state index in [1.54, 1.807) is 0 Å². The summed E-state index contributed by atoms with van der Waals surface area (Å²) < 4.78 is 0. The van der Waals surface area contributed by atoms with Gasteiger partial charge in [0, 0.05) is 83.8 Å². The predicted molar refractivity (Wildman–Crippen MR) is 438 cm³/mol. The second-order valence-corrected chi connectivity index (χ2v) is 28.1. The fourth-order valence-corrected chi connectivity index (χ4v) is 15.4. The van der Waals surface area contributed by atoms with Crippen LogP contribution >= 0.6 is 0 Å². The molecule has 1 aliphatic carbocycles. The lowest BCUT2D eigenvalue weighted by Crippen LogP contribution is -2.18. The topological polar surface area (TPSA) is 13.0 Å². The molecule has 0 unspecified atom stereocenters. The van der Waals surface area contributed by atoms with E-state index in [0.717, 1.165) is 106 Å². The highest BCUT2D eigenvalue weighted by atomic mass is 15.2. The summed E-state index contributed by atoms with van der Waals surface area (Å²) in [4.78, 5) is 9.94. The van der Waals surface area contributed by atoms with Crippen LogP contribution in [0.1, 0.15) is 47.2 Å². The molecule has 0 heterocycles. The first-order valence-corrected chi connectivity index (χ1v) is 35.8. The summed E-state index contributed by atoms with van der Waals surface area (Å²) in [6.07, 6.45) is 0. The number of fused-ring (bicyclic) bond motifs is 5. The van der Waals surface area contributed by atoms with E-state index >= 15 is 0 Å². The van der Waals surface area contributed by atoms with Gasteiger partial charge in [-0.1, -0.05) is 267 Å². The molecule has 0 saturated carbocycles. The number of hydrogen-bond donors (Lipinski definition) is 0. The van der Waals surface area contributed by atoms with Crippen LogP contribution in [0.4, 0.5) is 68.2 Å². The Bertz CT molecular complexity index is 5720. The number of rotatable bonds is 16. The van der Waals surface area contributed by atoms with Crippen LogP contribution in [0.25, 0.3) is 77.2 Å². The molecule has 16 aromatic carbocycles. The molecule has 4 nitrogen and oxygen atoms in total. The summed E-state index contributed by atoms with van der Waals surface area (Å²) >= 11 is 0. The Balaban J connectivity index is 0.969. The van der Waals surface area contributed by atoms with Gasteiger partial charge in [-0.25, -0.2) is 0 Å². The van der Waals surface area contributed by atoms with Crippen LogP contribution in [-0.4, -0.2) is 0 Å². The van der Waals surface area contributed by atoms with Crippen LogP contribution < -0.4 is 19.6 Å². The molecule has 0 fully saturated rings. The van der Waals surface area contributed by atoms with Crippen LogP contribution in [0.5, 0.6) is 0 Å². The normalized spacial score (nSPS) is 12.1. The lowest BCUT2D eigenvalue weighted by atomic mass is 9.81. The summed E-state index contributed by atoms with van der Waals surface area (Å²) in [5, 5.41) is 4.43. The average molecular weight is 1320 g/mol. The third-order valence-corrected chi connectivity index (χ3v) is 20.9. The van der Waals surface area contributed by atoms with Gasteiger partial charge in [-0.05, 0) is 228 Å². The minimum absolute atomic E-state index is 0.457. The van der Waals surface area contributed by atoms with Crippen molar-refractivity contribution in [3.05, 3.63) is 397 Å². The monoisotopic (exact) mass is 1320 g/mol. The number of benzene rings is 16. The van der Waals surface area contributed by atoms with Crippen molar-refractivity contribution in [2.45, 2.75) is 47.0 Å². The lowest BCUT2D eigenvalue weighted by molar-refractivity contribution is 0.661. The molecular weight excluding hydrogens is 1250 g/mol. The molecule has 0 aromatic heterocycles. The third kappa shape index (κ3) is 12.1. The van der Waals surface area contributed by atoms with Gasteiger partial charge in [0.15, 0.2) is 0 Å². The summed E-state index contributed by atoms with van der Waals surface area (Å²) in [5.41, 5.74) is 31.5. The van der Waals surface area contributed by atoms with Crippen molar-refractivity contribution in [2.24, 2.45) is 0 Å². The van der Waals surface area contributed by atoms with E-state index in [0.29, 0.717) is 0 Å². The van der Waals surface area contributed by atoms with E-state index in [4.69, 9.17) is 0 Å². The van der Waals surface area contributed by atoms with Gasteiger partial charge in [-0.3, -0.25) is 0 Å². The molecule has 0 aliphatic heterocycles. The summed E-state index contributed by atoms with van der Waals surface area (Å²) in [6.45, 7) is 13.6. The fraction of sp³-hybridized carbons (Fsp3) is 0.0707.